The summed E-state index contributed by atoms with van der Waals surface area (Å²) in [5.41, 5.74) is -0.215. The van der Waals surface area contributed by atoms with E-state index in [4.69, 9.17) is 0 Å². The van der Waals surface area contributed by atoms with Gasteiger partial charge >= 0.3 is 12.1 Å². The van der Waals surface area contributed by atoms with E-state index in [1.165, 1.54) is 24.3 Å². The van der Waals surface area contributed by atoms with Crippen LogP contribution in [-0.2, 0) is 16.1 Å². The summed E-state index contributed by atoms with van der Waals surface area (Å²) in [6.07, 6.45) is -5.03. The second-order valence-corrected chi connectivity index (χ2v) is 6.61. The van der Waals surface area contributed by atoms with Gasteiger partial charge in [-0.15, -0.1) is 0 Å². The summed E-state index contributed by atoms with van der Waals surface area (Å²) >= 11 is 0. The Bertz CT molecular complexity index is 1130. The second kappa shape index (κ2) is 8.45. The molecular formula is C19H13F3N4O6. The van der Waals surface area contributed by atoms with E-state index >= 15 is 0 Å². The van der Waals surface area contributed by atoms with Crippen LogP contribution < -0.4 is 10.6 Å². The number of hydrogen-bond acceptors (Lipinski definition) is 6. The van der Waals surface area contributed by atoms with Crippen LogP contribution in [0, 0.1) is 10.1 Å². The Morgan fingerprint density at radius 2 is 1.62 bits per heavy atom. The van der Waals surface area contributed by atoms with E-state index in [1.54, 1.807) is 5.32 Å². The number of imide groups is 1. The SMILES string of the molecule is O=C(CN1C(=O)c2ccc([N+](=O)[O-])cc2C1=O)NCc1ccc(NC(=O)C(F)(F)F)cc1. The van der Waals surface area contributed by atoms with Gasteiger partial charge in [-0.2, -0.15) is 13.2 Å². The van der Waals surface area contributed by atoms with E-state index in [2.05, 4.69) is 5.32 Å². The van der Waals surface area contributed by atoms with E-state index in [0.717, 1.165) is 18.2 Å². The molecular weight excluding hydrogens is 437 g/mol. The lowest BCUT2D eigenvalue weighted by atomic mass is 10.1. The number of carbonyl (C=O) groups excluding carboxylic acids is 4. The van der Waals surface area contributed by atoms with Gasteiger partial charge in [-0.3, -0.25) is 34.2 Å². The molecule has 0 unspecified atom stereocenters. The van der Waals surface area contributed by atoms with Crippen molar-refractivity contribution in [2.75, 3.05) is 11.9 Å². The highest BCUT2D eigenvalue weighted by molar-refractivity contribution is 6.22. The van der Waals surface area contributed by atoms with Crippen molar-refractivity contribution in [2.24, 2.45) is 0 Å². The fourth-order valence-electron chi connectivity index (χ4n) is 2.84. The first kappa shape index (κ1) is 22.4. The van der Waals surface area contributed by atoms with E-state index < -0.39 is 41.3 Å². The largest absolute Gasteiger partial charge is 0.471 e. The zero-order valence-electron chi connectivity index (χ0n) is 15.9. The van der Waals surface area contributed by atoms with Crippen molar-refractivity contribution in [3.05, 3.63) is 69.3 Å². The predicted octanol–water partition coefficient (Wildman–Crippen LogP) is 2.01. The number of carbonyl (C=O) groups is 4. The van der Waals surface area contributed by atoms with Crippen molar-refractivity contribution >= 4 is 35.0 Å². The van der Waals surface area contributed by atoms with Gasteiger partial charge in [0.25, 0.3) is 17.5 Å². The Labute approximate surface area is 177 Å². The van der Waals surface area contributed by atoms with Crippen molar-refractivity contribution in [1.29, 1.82) is 0 Å². The summed E-state index contributed by atoms with van der Waals surface area (Å²) in [6, 6.07) is 8.34. The lowest BCUT2D eigenvalue weighted by Gasteiger charge is -2.14. The highest BCUT2D eigenvalue weighted by Crippen LogP contribution is 2.26. The van der Waals surface area contributed by atoms with E-state index in [1.807, 2.05) is 0 Å². The maximum absolute atomic E-state index is 12.4. The number of hydrogen-bond donors (Lipinski definition) is 2. The first-order chi connectivity index (χ1) is 15.0. The molecule has 0 aromatic heterocycles. The number of alkyl halides is 3. The molecule has 0 saturated carbocycles. The number of rotatable bonds is 6. The summed E-state index contributed by atoms with van der Waals surface area (Å²) in [7, 11) is 0. The zero-order chi connectivity index (χ0) is 23.6. The lowest BCUT2D eigenvalue weighted by Crippen LogP contribution is -2.40. The Hall–Kier alpha value is -4.29. The molecule has 1 heterocycles. The highest BCUT2D eigenvalue weighted by atomic mass is 19.4. The van der Waals surface area contributed by atoms with Crippen molar-refractivity contribution in [3.8, 4) is 0 Å². The number of benzene rings is 2. The van der Waals surface area contributed by atoms with Crippen LogP contribution >= 0.6 is 0 Å². The summed E-state index contributed by atoms with van der Waals surface area (Å²) in [5, 5.41) is 15.0. The molecule has 2 N–H and O–H groups in total. The number of halogens is 3. The Morgan fingerprint density at radius 1 is 1.00 bits per heavy atom. The van der Waals surface area contributed by atoms with Crippen LogP contribution in [0.25, 0.3) is 0 Å². The van der Waals surface area contributed by atoms with Gasteiger partial charge in [0.1, 0.15) is 6.54 Å². The molecule has 10 nitrogen and oxygen atoms in total. The number of anilines is 1. The number of non-ortho nitro benzene ring substituents is 1. The molecule has 0 saturated heterocycles. The zero-order valence-corrected chi connectivity index (χ0v) is 15.9. The maximum atomic E-state index is 12.4. The van der Waals surface area contributed by atoms with Crippen molar-refractivity contribution in [1.82, 2.24) is 10.2 Å². The van der Waals surface area contributed by atoms with Crippen LogP contribution in [-0.4, -0.2) is 46.2 Å². The molecule has 0 aliphatic carbocycles. The third kappa shape index (κ3) is 4.71. The minimum absolute atomic E-state index is 0.0510. The van der Waals surface area contributed by atoms with Crippen LogP contribution in [0.1, 0.15) is 26.3 Å². The van der Waals surface area contributed by atoms with Gasteiger partial charge < -0.3 is 10.6 Å². The normalized spacial score (nSPS) is 13.0. The topological polar surface area (TPSA) is 139 Å². The highest BCUT2D eigenvalue weighted by Gasteiger charge is 2.39. The standard InChI is InChI=1S/C19H13F3N4O6/c20-19(21,22)18(30)24-11-3-1-10(2-4-11)8-23-15(27)9-25-16(28)13-6-5-12(26(31)32)7-14(13)17(25)29/h1-7H,8-9H2,(H,23,27)(H,24,30). The Morgan fingerprint density at radius 3 is 2.22 bits per heavy atom. The minimum atomic E-state index is -5.03. The van der Waals surface area contributed by atoms with E-state index in [9.17, 15) is 42.5 Å². The average Bonchev–Trinajstić information content (AvgIpc) is 2.97. The molecule has 32 heavy (non-hydrogen) atoms. The second-order valence-electron chi connectivity index (χ2n) is 6.61. The summed E-state index contributed by atoms with van der Waals surface area (Å²) in [6.45, 7) is -0.694. The Balaban J connectivity index is 1.57. The fourth-order valence-corrected chi connectivity index (χ4v) is 2.84. The fraction of sp³-hybridized carbons (Fsp3) is 0.158. The lowest BCUT2D eigenvalue weighted by molar-refractivity contribution is -0.384. The molecule has 0 spiro atoms. The monoisotopic (exact) mass is 450 g/mol. The Kier molecular flexibility index (Phi) is 5.91. The molecule has 2 aromatic carbocycles. The van der Waals surface area contributed by atoms with Crippen LogP contribution in [0.15, 0.2) is 42.5 Å². The van der Waals surface area contributed by atoms with Gasteiger partial charge in [-0.25, -0.2) is 0 Å². The van der Waals surface area contributed by atoms with Crippen LogP contribution in [0.4, 0.5) is 24.5 Å². The molecule has 0 bridgehead atoms. The summed E-state index contributed by atoms with van der Waals surface area (Å²) in [5.74, 6) is -4.43. The molecule has 166 valence electrons. The first-order valence-corrected chi connectivity index (χ1v) is 8.86. The van der Waals surface area contributed by atoms with Gasteiger partial charge in [0.2, 0.25) is 5.91 Å². The maximum Gasteiger partial charge on any atom is 0.471 e. The van der Waals surface area contributed by atoms with Gasteiger partial charge in [0.15, 0.2) is 0 Å². The number of nitrogens with zero attached hydrogens (tertiary/aromatic N) is 2. The van der Waals surface area contributed by atoms with Crippen molar-refractivity contribution in [2.45, 2.75) is 12.7 Å². The third-order valence-corrected chi connectivity index (χ3v) is 4.43. The van der Waals surface area contributed by atoms with Crippen LogP contribution in [0.3, 0.4) is 0 Å². The third-order valence-electron chi connectivity index (χ3n) is 4.43. The molecule has 0 radical (unpaired) electrons. The van der Waals surface area contributed by atoms with Gasteiger partial charge in [-0.1, -0.05) is 12.1 Å². The van der Waals surface area contributed by atoms with Crippen LogP contribution in [0.5, 0.6) is 0 Å². The smallest absolute Gasteiger partial charge is 0.350 e. The number of amides is 4. The van der Waals surface area contributed by atoms with Gasteiger partial charge in [0.05, 0.1) is 16.1 Å². The van der Waals surface area contributed by atoms with Crippen molar-refractivity contribution in [3.63, 3.8) is 0 Å². The predicted molar refractivity (Wildman–Crippen MR) is 101 cm³/mol. The molecule has 13 heteroatoms. The van der Waals surface area contributed by atoms with Crippen molar-refractivity contribution < 1.29 is 37.3 Å². The molecule has 1 aliphatic rings. The first-order valence-electron chi connectivity index (χ1n) is 8.86. The molecule has 0 atom stereocenters. The van der Waals surface area contributed by atoms with Gasteiger partial charge in [-0.05, 0) is 23.8 Å². The van der Waals surface area contributed by atoms with Crippen LogP contribution in [0.2, 0.25) is 0 Å². The number of nitro groups is 1. The molecule has 1 aliphatic heterocycles. The average molecular weight is 450 g/mol. The van der Waals surface area contributed by atoms with Gasteiger partial charge in [0, 0.05) is 24.4 Å². The molecule has 2 aromatic rings. The minimum Gasteiger partial charge on any atom is -0.350 e. The summed E-state index contributed by atoms with van der Waals surface area (Å²) < 4.78 is 36.7. The molecule has 0 fully saturated rings. The summed E-state index contributed by atoms with van der Waals surface area (Å²) in [4.78, 5) is 58.6. The number of fused-ring (bicyclic) bond motifs is 1. The van der Waals surface area contributed by atoms with E-state index in [-0.39, 0.29) is 29.0 Å². The molecule has 3 rings (SSSR count). The molecule has 4 amide bonds. The number of nitrogens with one attached hydrogen (secondary N) is 2. The van der Waals surface area contributed by atoms with E-state index in [0.29, 0.717) is 10.5 Å². The quantitative estimate of drug-likeness (QED) is 0.392. The number of nitro benzene ring substituents is 1.